The van der Waals surface area contributed by atoms with Gasteiger partial charge in [-0.05, 0) is 6.08 Å². The number of ketones is 2. The number of allylic oxidation sites excluding steroid dienone is 3. The Hall–Kier alpha value is -3.59. The van der Waals surface area contributed by atoms with Gasteiger partial charge in [0.2, 0.25) is 5.69 Å². The fourth-order valence-corrected chi connectivity index (χ4v) is 6.86. The molecule has 8 nitrogen and oxygen atoms in total. The zero-order chi connectivity index (χ0) is 22.4. The molecule has 3 N–H and O–H groups in total. The Labute approximate surface area is 186 Å². The van der Waals surface area contributed by atoms with E-state index in [1.54, 1.807) is 18.5 Å². The fourth-order valence-electron chi connectivity index (χ4n) is 6.86. The molecule has 1 saturated heterocycles. The Morgan fingerprint density at radius 1 is 1.21 bits per heavy atom. The average molecular weight is 440 g/mol. The van der Waals surface area contributed by atoms with Crippen LogP contribution in [0.15, 0.2) is 34.7 Å². The van der Waals surface area contributed by atoms with Crippen molar-refractivity contribution >= 4 is 52.2 Å². The lowest BCUT2D eigenvalue weighted by atomic mass is 9.80. The minimum atomic E-state index is -0.897. The van der Waals surface area contributed by atoms with Crippen molar-refractivity contribution in [2.75, 3.05) is 0 Å². The van der Waals surface area contributed by atoms with Gasteiger partial charge in [0.1, 0.15) is 11.6 Å². The maximum Gasteiger partial charge on any atom is 0.204 e. The van der Waals surface area contributed by atoms with Crippen molar-refractivity contribution in [3.8, 4) is 0 Å². The van der Waals surface area contributed by atoms with Crippen LogP contribution in [0.3, 0.4) is 0 Å². The molecule has 0 spiro atoms. The van der Waals surface area contributed by atoms with Gasteiger partial charge in [-0.15, -0.1) is 4.65 Å². The molecule has 1 aromatic carbocycles. The molecule has 33 heavy (non-hydrogen) atoms. The molecule has 4 aliphatic heterocycles. The Bertz CT molecular complexity index is 1680. The highest BCUT2D eigenvalue weighted by Gasteiger charge is 2.63. The zero-order valence-electron chi connectivity index (χ0n) is 17.3. The van der Waals surface area contributed by atoms with Gasteiger partial charge in [-0.25, -0.2) is 5.21 Å². The van der Waals surface area contributed by atoms with Crippen molar-refractivity contribution in [3.05, 3.63) is 56.9 Å². The number of aliphatic imine (C=N–C) groups is 1. The van der Waals surface area contributed by atoms with Crippen molar-refractivity contribution in [2.45, 2.75) is 31.5 Å². The Balaban J connectivity index is 1.69. The lowest BCUT2D eigenvalue weighted by Crippen LogP contribution is -2.61. The van der Waals surface area contributed by atoms with E-state index in [9.17, 15) is 25.0 Å². The van der Waals surface area contributed by atoms with E-state index in [1.165, 1.54) is 6.08 Å². The highest BCUT2D eigenvalue weighted by Crippen LogP contribution is 2.58. The molecule has 8 heteroatoms. The van der Waals surface area contributed by atoms with Crippen LogP contribution in [-0.2, 0) is 11.3 Å². The van der Waals surface area contributed by atoms with Gasteiger partial charge in [0, 0.05) is 53.5 Å². The first-order chi connectivity index (χ1) is 15.9. The SMILES string of the molecule is O=C1C=c2c(c3c4c(c5c6c3n2C/C=C(/O)[C@@H]2C[C@@H]3C=CC5=C([C@@H]3O)[N@+]62O)C=NC=4)C(=O)C1. The largest absolute Gasteiger partial charge is 0.506 e. The molecule has 0 amide bonds. The Morgan fingerprint density at radius 3 is 2.91 bits per heavy atom. The van der Waals surface area contributed by atoms with E-state index in [1.807, 2.05) is 16.7 Å². The number of aromatic nitrogens is 1. The number of hydroxylamine groups is 2. The molecule has 0 unspecified atom stereocenters. The lowest BCUT2D eigenvalue weighted by Gasteiger charge is -2.44. The number of aliphatic hydroxyl groups is 2. The molecule has 2 bridgehead atoms. The van der Waals surface area contributed by atoms with E-state index in [4.69, 9.17) is 0 Å². The van der Waals surface area contributed by atoms with Crippen LogP contribution in [0.5, 0.6) is 0 Å². The molecule has 8 rings (SSSR count). The van der Waals surface area contributed by atoms with Crippen molar-refractivity contribution < 1.29 is 25.0 Å². The molecule has 162 valence electrons. The van der Waals surface area contributed by atoms with Crippen molar-refractivity contribution in [1.29, 1.82) is 0 Å². The van der Waals surface area contributed by atoms with Crippen LogP contribution in [0, 0.1) is 5.92 Å². The van der Waals surface area contributed by atoms with Crippen LogP contribution in [0.4, 0.5) is 5.69 Å². The molecule has 2 aromatic rings. The van der Waals surface area contributed by atoms with Crippen molar-refractivity contribution in [2.24, 2.45) is 10.9 Å². The second-order valence-corrected chi connectivity index (χ2v) is 9.60. The van der Waals surface area contributed by atoms with E-state index in [-0.39, 0.29) is 36.2 Å². The van der Waals surface area contributed by atoms with Crippen LogP contribution >= 0.6 is 0 Å². The van der Waals surface area contributed by atoms with E-state index in [2.05, 4.69) is 4.99 Å². The summed E-state index contributed by atoms with van der Waals surface area (Å²) in [5, 5.41) is 36.7. The molecule has 4 atom stereocenters. The van der Waals surface area contributed by atoms with Gasteiger partial charge < -0.3 is 14.8 Å². The number of rotatable bonds is 0. The summed E-state index contributed by atoms with van der Waals surface area (Å²) in [5.41, 5.74) is 4.36. The first-order valence-corrected chi connectivity index (χ1v) is 11.1. The highest BCUT2D eigenvalue weighted by molar-refractivity contribution is 6.27. The standard InChI is InChI=1S/C25H17N3O5/c29-11-6-15-21(18(31)7-11)20-14-9-26-8-13(14)19-12-2-1-10-5-16-17(30)3-4-27(15)22(20)24(19)28(16,33)23(12)25(10)32/h1-3,6,8-10,16,25,32-33H,4-5,7H2/p+1/b17-3+/t10-,16-,25+,28-/m0/s1. The first kappa shape index (κ1) is 17.9. The van der Waals surface area contributed by atoms with E-state index < -0.39 is 16.8 Å². The van der Waals surface area contributed by atoms with E-state index in [0.717, 1.165) is 21.9 Å². The third kappa shape index (κ3) is 1.75. The van der Waals surface area contributed by atoms with Gasteiger partial charge in [-0.2, -0.15) is 0 Å². The topological polar surface area (TPSA) is 112 Å². The number of hydrogen-bond donors (Lipinski definition) is 3. The van der Waals surface area contributed by atoms with Crippen molar-refractivity contribution in [1.82, 2.24) is 9.21 Å². The Kier molecular flexibility index (Phi) is 2.88. The number of fused-ring (bicyclic) bond motifs is 8. The minimum absolute atomic E-state index is 0.0323. The summed E-state index contributed by atoms with van der Waals surface area (Å²) in [7, 11) is 0. The summed E-state index contributed by atoms with van der Waals surface area (Å²) >= 11 is 0. The molecular formula is C25H18N3O5+. The highest BCUT2D eigenvalue weighted by atomic mass is 16.6. The van der Waals surface area contributed by atoms with Crippen LogP contribution in [-0.4, -0.2) is 49.9 Å². The summed E-state index contributed by atoms with van der Waals surface area (Å²) in [6, 6.07) is -0.680. The Morgan fingerprint density at radius 2 is 2.06 bits per heavy atom. The van der Waals surface area contributed by atoms with Crippen LogP contribution in [0.1, 0.15) is 34.3 Å². The molecule has 1 fully saturated rings. The summed E-state index contributed by atoms with van der Waals surface area (Å²) in [5.74, 6) is -0.707. The van der Waals surface area contributed by atoms with E-state index >= 15 is 0 Å². The van der Waals surface area contributed by atoms with Gasteiger partial charge in [0.15, 0.2) is 29.1 Å². The number of piperidine rings is 1. The van der Waals surface area contributed by atoms with E-state index in [0.29, 0.717) is 39.6 Å². The fraction of sp³-hybridized carbons (Fsp3) is 0.240. The molecule has 6 aliphatic rings. The number of benzene rings is 1. The number of aliphatic hydroxyl groups excluding tert-OH is 2. The van der Waals surface area contributed by atoms with Crippen LogP contribution in [0.25, 0.3) is 28.8 Å². The first-order valence-electron chi connectivity index (χ1n) is 11.1. The monoisotopic (exact) mass is 440 g/mol. The second kappa shape index (κ2) is 5.31. The number of carbonyl (C=O) groups excluding carboxylic acids is 2. The van der Waals surface area contributed by atoms with Crippen LogP contribution < -0.4 is 15.2 Å². The normalized spacial score (nSPS) is 33.5. The quantitative estimate of drug-likeness (QED) is 0.417. The predicted molar refractivity (Wildman–Crippen MR) is 120 cm³/mol. The maximum absolute atomic E-state index is 13.1. The second-order valence-electron chi connectivity index (χ2n) is 9.60. The third-order valence-corrected chi connectivity index (χ3v) is 8.13. The van der Waals surface area contributed by atoms with Gasteiger partial charge in [0.25, 0.3) is 0 Å². The maximum atomic E-state index is 13.1. The third-order valence-electron chi connectivity index (χ3n) is 8.13. The molecule has 5 heterocycles. The van der Waals surface area contributed by atoms with Gasteiger partial charge in [-0.3, -0.25) is 14.6 Å². The summed E-state index contributed by atoms with van der Waals surface area (Å²) in [6.07, 6.45) is 9.75. The summed E-state index contributed by atoms with van der Waals surface area (Å²) in [6.45, 7) is 0.253. The van der Waals surface area contributed by atoms with Gasteiger partial charge in [0.05, 0.1) is 28.5 Å². The van der Waals surface area contributed by atoms with Crippen molar-refractivity contribution in [3.63, 3.8) is 0 Å². The predicted octanol–water partition coefficient (Wildman–Crippen LogP) is 0.944. The number of nitrogens with zero attached hydrogens (tertiary/aromatic N) is 3. The summed E-state index contributed by atoms with van der Waals surface area (Å²) < 4.78 is 1.12. The van der Waals surface area contributed by atoms with Gasteiger partial charge >= 0.3 is 0 Å². The summed E-state index contributed by atoms with van der Waals surface area (Å²) in [4.78, 5) is 29.9. The number of quaternary nitrogens is 1. The number of Topliss-reactive ketones (excluding diaryl/α,β-unsaturated/α-hetero) is 2. The lowest BCUT2D eigenvalue weighted by molar-refractivity contribution is -0.122. The average Bonchev–Trinajstić information content (AvgIpc) is 3.43. The minimum Gasteiger partial charge on any atom is -0.506 e. The molecule has 2 aliphatic carbocycles. The number of hydrogen-bond acceptors (Lipinski definition) is 6. The smallest absolute Gasteiger partial charge is 0.204 e. The van der Waals surface area contributed by atoms with Crippen LogP contribution in [0.2, 0.25) is 0 Å². The molecular weight excluding hydrogens is 422 g/mol. The van der Waals surface area contributed by atoms with Gasteiger partial charge in [-0.1, -0.05) is 12.2 Å². The number of carbonyl (C=O) groups is 2. The molecule has 0 saturated carbocycles. The molecule has 1 aromatic heterocycles. The zero-order valence-corrected chi connectivity index (χ0v) is 17.3. The molecule has 0 radical (unpaired) electrons.